The molecule has 0 saturated heterocycles. The lowest BCUT2D eigenvalue weighted by Crippen LogP contribution is -2.27. The number of carbonyl (C=O) groups excluding carboxylic acids is 1. The summed E-state index contributed by atoms with van der Waals surface area (Å²) in [5, 5.41) is 4.00. The van der Waals surface area contributed by atoms with Crippen molar-refractivity contribution in [3.05, 3.63) is 36.0 Å². The van der Waals surface area contributed by atoms with Crippen LogP contribution in [0.1, 0.15) is 12.0 Å². The maximum atomic E-state index is 11.5. The zero-order valence-corrected chi connectivity index (χ0v) is 12.7. The van der Waals surface area contributed by atoms with E-state index >= 15 is 0 Å². The van der Waals surface area contributed by atoms with Gasteiger partial charge in [-0.2, -0.15) is 0 Å². The van der Waals surface area contributed by atoms with Gasteiger partial charge in [0.05, 0.1) is 6.61 Å². The van der Waals surface area contributed by atoms with Gasteiger partial charge in [-0.25, -0.2) is 4.79 Å². The van der Waals surface area contributed by atoms with Crippen molar-refractivity contribution in [2.75, 3.05) is 13.2 Å². The van der Waals surface area contributed by atoms with Gasteiger partial charge in [0.15, 0.2) is 0 Å². The zero-order valence-electron chi connectivity index (χ0n) is 11.1. The molecule has 1 fully saturated rings. The number of ether oxygens (including phenoxy) is 1. The molecule has 106 valence electrons. The third kappa shape index (κ3) is 3.15. The van der Waals surface area contributed by atoms with Crippen molar-refractivity contribution in [1.82, 2.24) is 10.3 Å². The lowest BCUT2D eigenvalue weighted by atomic mass is 10.1. The van der Waals surface area contributed by atoms with Crippen LogP contribution in [0.4, 0.5) is 4.79 Å². The second-order valence-corrected chi connectivity index (χ2v) is 6.32. The molecule has 0 radical (unpaired) electrons. The highest BCUT2D eigenvalue weighted by atomic mass is 79.9. The van der Waals surface area contributed by atoms with Crippen LogP contribution >= 0.6 is 15.9 Å². The fraction of sp³-hybridized carbons (Fsp3) is 0.400. The van der Waals surface area contributed by atoms with E-state index in [1.165, 1.54) is 10.9 Å². The Morgan fingerprint density at radius 3 is 3.05 bits per heavy atom. The molecule has 0 bridgehead atoms. The molecule has 1 aliphatic carbocycles. The van der Waals surface area contributed by atoms with E-state index in [1.807, 2.05) is 24.4 Å². The summed E-state index contributed by atoms with van der Waals surface area (Å²) in [7, 11) is 0. The van der Waals surface area contributed by atoms with E-state index in [-0.39, 0.29) is 6.09 Å². The number of aromatic nitrogens is 1. The van der Waals surface area contributed by atoms with Crippen molar-refractivity contribution < 1.29 is 9.53 Å². The molecule has 0 spiro atoms. The highest BCUT2D eigenvalue weighted by molar-refractivity contribution is 9.09. The molecule has 1 heterocycles. The molecule has 5 heteroatoms. The minimum absolute atomic E-state index is 0.323. The van der Waals surface area contributed by atoms with Crippen molar-refractivity contribution in [1.29, 1.82) is 0 Å². The molecule has 1 saturated carbocycles. The fourth-order valence-corrected chi connectivity index (χ4v) is 2.89. The van der Waals surface area contributed by atoms with Crippen LogP contribution < -0.4 is 5.32 Å². The van der Waals surface area contributed by atoms with E-state index in [2.05, 4.69) is 32.3 Å². The molecule has 20 heavy (non-hydrogen) atoms. The molecule has 4 nitrogen and oxygen atoms in total. The summed E-state index contributed by atoms with van der Waals surface area (Å²) in [6, 6.07) is 8.16. The molecule has 1 aromatic carbocycles. The summed E-state index contributed by atoms with van der Waals surface area (Å²) >= 11 is 3.49. The van der Waals surface area contributed by atoms with Crippen molar-refractivity contribution in [2.45, 2.75) is 17.7 Å². The predicted octanol–water partition coefficient (Wildman–Crippen LogP) is 3.22. The van der Waals surface area contributed by atoms with Gasteiger partial charge in [-0.05, 0) is 24.5 Å². The number of nitrogens with one attached hydrogen (secondary N) is 2. The average Bonchev–Trinajstić information content (AvgIpc) is 3.01. The summed E-state index contributed by atoms with van der Waals surface area (Å²) in [5.74, 6) is 0.495. The first-order valence-electron chi connectivity index (χ1n) is 6.84. The van der Waals surface area contributed by atoms with Crippen molar-refractivity contribution >= 4 is 32.9 Å². The Kier molecular flexibility index (Phi) is 3.96. The number of aromatic amines is 1. The van der Waals surface area contributed by atoms with Crippen LogP contribution in [0.15, 0.2) is 30.5 Å². The quantitative estimate of drug-likeness (QED) is 0.823. The van der Waals surface area contributed by atoms with Gasteiger partial charge in [-0.15, -0.1) is 0 Å². The number of para-hydroxylation sites is 1. The number of rotatable bonds is 5. The second-order valence-electron chi connectivity index (χ2n) is 5.15. The molecule has 1 aliphatic rings. The Hall–Kier alpha value is -1.49. The molecule has 3 rings (SSSR count). The van der Waals surface area contributed by atoms with Crippen LogP contribution in [0, 0.1) is 5.92 Å². The Balaban J connectivity index is 1.44. The average molecular weight is 337 g/mol. The topological polar surface area (TPSA) is 54.1 Å². The van der Waals surface area contributed by atoms with E-state index in [9.17, 15) is 4.79 Å². The number of hydrogen-bond donors (Lipinski definition) is 2. The first kappa shape index (κ1) is 13.5. The standard InChI is InChI=1S/C15H17BrN2O2/c16-13-7-11(13)9-20-15(19)17-6-5-10-8-18-14-4-2-1-3-12(10)14/h1-4,8,11,13,18H,5-7,9H2,(H,17,19). The van der Waals surface area contributed by atoms with Gasteiger partial charge in [0.25, 0.3) is 0 Å². The van der Waals surface area contributed by atoms with E-state index in [4.69, 9.17) is 4.74 Å². The number of carbonyl (C=O) groups is 1. The highest BCUT2D eigenvalue weighted by Gasteiger charge is 2.35. The van der Waals surface area contributed by atoms with Gasteiger partial charge in [-0.3, -0.25) is 0 Å². The van der Waals surface area contributed by atoms with Gasteiger partial charge in [0.1, 0.15) is 0 Å². The lowest BCUT2D eigenvalue weighted by Gasteiger charge is -2.06. The van der Waals surface area contributed by atoms with Gasteiger partial charge in [0, 0.05) is 34.4 Å². The number of amides is 1. The zero-order chi connectivity index (χ0) is 13.9. The number of alkyl carbamates (subject to hydrolysis) is 1. The number of alkyl halides is 1. The third-order valence-electron chi connectivity index (χ3n) is 3.60. The molecule has 1 amide bonds. The summed E-state index contributed by atoms with van der Waals surface area (Å²) < 4.78 is 5.16. The van der Waals surface area contributed by atoms with E-state index in [1.54, 1.807) is 0 Å². The van der Waals surface area contributed by atoms with Crippen LogP contribution in [0.25, 0.3) is 10.9 Å². The Labute approximate surface area is 126 Å². The van der Waals surface area contributed by atoms with Gasteiger partial charge < -0.3 is 15.0 Å². The van der Waals surface area contributed by atoms with E-state index < -0.39 is 0 Å². The first-order valence-corrected chi connectivity index (χ1v) is 7.75. The highest BCUT2D eigenvalue weighted by Crippen LogP contribution is 2.37. The molecular formula is C15H17BrN2O2. The summed E-state index contributed by atoms with van der Waals surface area (Å²) in [6.45, 7) is 1.10. The second kappa shape index (κ2) is 5.87. The number of H-pyrrole nitrogens is 1. The molecule has 0 aliphatic heterocycles. The molecular weight excluding hydrogens is 320 g/mol. The monoisotopic (exact) mass is 336 g/mol. The van der Waals surface area contributed by atoms with Crippen LogP contribution in [0.3, 0.4) is 0 Å². The molecule has 2 atom stereocenters. The number of hydrogen-bond acceptors (Lipinski definition) is 2. The fourth-order valence-electron chi connectivity index (χ4n) is 2.25. The van der Waals surface area contributed by atoms with Crippen molar-refractivity contribution in [2.24, 2.45) is 5.92 Å². The Morgan fingerprint density at radius 1 is 1.45 bits per heavy atom. The van der Waals surface area contributed by atoms with E-state index in [0.29, 0.717) is 23.9 Å². The van der Waals surface area contributed by atoms with Gasteiger partial charge >= 0.3 is 6.09 Å². The maximum absolute atomic E-state index is 11.5. The van der Waals surface area contributed by atoms with Gasteiger partial charge in [0.2, 0.25) is 0 Å². The van der Waals surface area contributed by atoms with Gasteiger partial charge in [-0.1, -0.05) is 34.1 Å². The SMILES string of the molecule is O=C(NCCc1c[nH]c2ccccc12)OCC1CC1Br. The molecule has 2 aromatic rings. The lowest BCUT2D eigenvalue weighted by molar-refractivity contribution is 0.141. The summed E-state index contributed by atoms with van der Waals surface area (Å²) in [6.07, 6.45) is 3.57. The van der Waals surface area contributed by atoms with Crippen LogP contribution in [-0.4, -0.2) is 29.1 Å². The predicted molar refractivity (Wildman–Crippen MR) is 82.2 cm³/mol. The number of benzene rings is 1. The first-order chi connectivity index (χ1) is 9.74. The summed E-state index contributed by atoms with van der Waals surface area (Å²) in [5.41, 5.74) is 2.34. The van der Waals surface area contributed by atoms with Crippen LogP contribution in [0.2, 0.25) is 0 Å². The Bertz CT molecular complexity index is 611. The molecule has 2 N–H and O–H groups in total. The van der Waals surface area contributed by atoms with Crippen LogP contribution in [-0.2, 0) is 11.2 Å². The minimum Gasteiger partial charge on any atom is -0.449 e. The van der Waals surface area contributed by atoms with Crippen molar-refractivity contribution in [3.8, 4) is 0 Å². The van der Waals surface area contributed by atoms with Crippen LogP contribution in [0.5, 0.6) is 0 Å². The largest absolute Gasteiger partial charge is 0.449 e. The summed E-state index contributed by atoms with van der Waals surface area (Å²) in [4.78, 5) is 15.3. The smallest absolute Gasteiger partial charge is 0.407 e. The Morgan fingerprint density at radius 2 is 2.25 bits per heavy atom. The number of halogens is 1. The molecule has 1 aromatic heterocycles. The minimum atomic E-state index is -0.323. The normalized spacial score (nSPS) is 20.9. The maximum Gasteiger partial charge on any atom is 0.407 e. The third-order valence-corrected chi connectivity index (χ3v) is 4.72. The molecule has 2 unspecified atom stereocenters. The van der Waals surface area contributed by atoms with E-state index in [0.717, 1.165) is 18.4 Å². The number of fused-ring (bicyclic) bond motifs is 1. The van der Waals surface area contributed by atoms with Crippen molar-refractivity contribution in [3.63, 3.8) is 0 Å².